The minimum absolute atomic E-state index is 0.0920. The number of nitrogens with zero attached hydrogens (tertiary/aromatic N) is 1. The van der Waals surface area contributed by atoms with Crippen molar-refractivity contribution in [3.05, 3.63) is 47.8 Å². The van der Waals surface area contributed by atoms with Gasteiger partial charge in [0.25, 0.3) is 0 Å². The van der Waals surface area contributed by atoms with Gasteiger partial charge in [-0.3, -0.25) is 0 Å². The van der Waals surface area contributed by atoms with Gasteiger partial charge in [-0.25, -0.2) is 4.39 Å². The second-order valence-corrected chi connectivity index (χ2v) is 2.42. The highest BCUT2D eigenvalue weighted by molar-refractivity contribution is 5.34. The predicted octanol–water partition coefficient (Wildman–Crippen LogP) is 2.43. The third kappa shape index (κ3) is 1.70. The second-order valence-electron chi connectivity index (χ2n) is 2.42. The van der Waals surface area contributed by atoms with Gasteiger partial charge in [-0.15, -0.1) is 6.58 Å². The molecule has 0 N–H and O–H groups in total. The van der Waals surface area contributed by atoms with E-state index in [0.29, 0.717) is 6.42 Å². The molecule has 2 heteroatoms. The molecule has 12 heavy (non-hydrogen) atoms. The Morgan fingerprint density at radius 3 is 2.92 bits per heavy atom. The quantitative estimate of drug-likeness (QED) is 0.611. The fourth-order valence-corrected chi connectivity index (χ4v) is 0.952. The average molecular weight is 161 g/mol. The Bertz CT molecular complexity index is 336. The lowest BCUT2D eigenvalue weighted by Gasteiger charge is -1.97. The number of hydrogen-bond acceptors (Lipinski definition) is 1. The molecule has 1 rings (SSSR count). The standard InChI is InChI=1S/C10H8FN/c1-2-3-8-4-5-10(11)9(6-8)7-12/h2,4-6H,1,3H2. The molecule has 0 unspecified atom stereocenters. The zero-order chi connectivity index (χ0) is 8.97. The van der Waals surface area contributed by atoms with Crippen LogP contribution in [0.5, 0.6) is 0 Å². The Balaban J connectivity index is 3.07. The van der Waals surface area contributed by atoms with Crippen LogP contribution in [0.1, 0.15) is 11.1 Å². The summed E-state index contributed by atoms with van der Waals surface area (Å²) in [5.41, 5.74) is 0.998. The third-order valence-electron chi connectivity index (χ3n) is 1.53. The van der Waals surface area contributed by atoms with Gasteiger partial charge in [0.05, 0.1) is 5.56 Å². The summed E-state index contributed by atoms with van der Waals surface area (Å²) in [6.45, 7) is 3.56. The third-order valence-corrected chi connectivity index (χ3v) is 1.53. The lowest BCUT2D eigenvalue weighted by Crippen LogP contribution is -1.87. The van der Waals surface area contributed by atoms with Crippen molar-refractivity contribution in [1.82, 2.24) is 0 Å². The molecular formula is C10H8FN. The van der Waals surface area contributed by atoms with Crippen molar-refractivity contribution in [3.8, 4) is 6.07 Å². The monoisotopic (exact) mass is 161 g/mol. The van der Waals surface area contributed by atoms with Crippen molar-refractivity contribution in [2.75, 3.05) is 0 Å². The first-order chi connectivity index (χ1) is 5.77. The van der Waals surface area contributed by atoms with Crippen LogP contribution in [-0.4, -0.2) is 0 Å². The molecule has 0 heterocycles. The lowest BCUT2D eigenvalue weighted by molar-refractivity contribution is 0.623. The van der Waals surface area contributed by atoms with E-state index in [0.717, 1.165) is 5.56 Å². The van der Waals surface area contributed by atoms with Gasteiger partial charge in [-0.1, -0.05) is 12.1 Å². The maximum Gasteiger partial charge on any atom is 0.140 e. The molecule has 0 aliphatic carbocycles. The van der Waals surface area contributed by atoms with Crippen LogP contribution < -0.4 is 0 Å². The van der Waals surface area contributed by atoms with E-state index in [1.807, 2.05) is 0 Å². The Labute approximate surface area is 70.8 Å². The minimum atomic E-state index is -0.467. The van der Waals surface area contributed by atoms with Crippen LogP contribution in [0, 0.1) is 17.1 Å². The van der Waals surface area contributed by atoms with Crippen molar-refractivity contribution in [2.45, 2.75) is 6.42 Å². The van der Waals surface area contributed by atoms with Gasteiger partial charge in [-0.05, 0) is 24.1 Å². The average Bonchev–Trinajstić information content (AvgIpc) is 2.09. The van der Waals surface area contributed by atoms with Crippen molar-refractivity contribution in [3.63, 3.8) is 0 Å². The number of halogens is 1. The molecule has 0 saturated heterocycles. The number of allylic oxidation sites excluding steroid dienone is 1. The Morgan fingerprint density at radius 2 is 2.33 bits per heavy atom. The van der Waals surface area contributed by atoms with Crippen LogP contribution in [-0.2, 0) is 6.42 Å². The van der Waals surface area contributed by atoms with Crippen LogP contribution in [0.15, 0.2) is 30.9 Å². The van der Waals surface area contributed by atoms with Crippen LogP contribution in [0.3, 0.4) is 0 Å². The second kappa shape index (κ2) is 3.68. The summed E-state index contributed by atoms with van der Waals surface area (Å²) in [5.74, 6) is -0.467. The molecule has 0 radical (unpaired) electrons. The van der Waals surface area contributed by atoms with Gasteiger partial charge >= 0.3 is 0 Å². The minimum Gasteiger partial charge on any atom is -0.206 e. The molecular weight excluding hydrogens is 153 g/mol. The van der Waals surface area contributed by atoms with E-state index in [9.17, 15) is 4.39 Å². The molecule has 0 spiro atoms. The highest BCUT2D eigenvalue weighted by Gasteiger charge is 2.00. The van der Waals surface area contributed by atoms with Gasteiger partial charge in [-0.2, -0.15) is 5.26 Å². The molecule has 1 nitrogen and oxygen atoms in total. The molecule has 0 aliphatic rings. The normalized spacial score (nSPS) is 9.00. The molecule has 0 saturated carbocycles. The summed E-state index contributed by atoms with van der Waals surface area (Å²) >= 11 is 0. The summed E-state index contributed by atoms with van der Waals surface area (Å²) in [6.07, 6.45) is 2.38. The van der Waals surface area contributed by atoms with E-state index in [1.54, 1.807) is 18.2 Å². The number of nitriles is 1. The smallest absolute Gasteiger partial charge is 0.140 e. The van der Waals surface area contributed by atoms with Crippen LogP contribution in [0.4, 0.5) is 4.39 Å². The van der Waals surface area contributed by atoms with Gasteiger partial charge in [0.15, 0.2) is 0 Å². The van der Waals surface area contributed by atoms with E-state index < -0.39 is 5.82 Å². The summed E-state index contributed by atoms with van der Waals surface area (Å²) < 4.78 is 12.8. The van der Waals surface area contributed by atoms with Gasteiger partial charge in [0, 0.05) is 0 Å². The van der Waals surface area contributed by atoms with Crippen molar-refractivity contribution in [1.29, 1.82) is 5.26 Å². The van der Waals surface area contributed by atoms with E-state index in [-0.39, 0.29) is 5.56 Å². The predicted molar refractivity (Wildman–Crippen MR) is 45.0 cm³/mol. The zero-order valence-electron chi connectivity index (χ0n) is 6.55. The first kappa shape index (κ1) is 8.48. The molecule has 0 amide bonds. The highest BCUT2D eigenvalue weighted by Crippen LogP contribution is 2.09. The first-order valence-electron chi connectivity index (χ1n) is 3.57. The molecule has 0 bridgehead atoms. The van der Waals surface area contributed by atoms with E-state index in [4.69, 9.17) is 5.26 Å². The topological polar surface area (TPSA) is 23.8 Å². The molecule has 0 atom stereocenters. The number of rotatable bonds is 2. The summed E-state index contributed by atoms with van der Waals surface area (Å²) in [6, 6.07) is 6.28. The van der Waals surface area contributed by atoms with E-state index >= 15 is 0 Å². The largest absolute Gasteiger partial charge is 0.206 e. The summed E-state index contributed by atoms with van der Waals surface area (Å²) in [4.78, 5) is 0. The molecule has 1 aromatic carbocycles. The van der Waals surface area contributed by atoms with Gasteiger partial charge < -0.3 is 0 Å². The number of benzene rings is 1. The first-order valence-corrected chi connectivity index (χ1v) is 3.57. The summed E-state index contributed by atoms with van der Waals surface area (Å²) in [5, 5.41) is 8.50. The molecule has 60 valence electrons. The maximum atomic E-state index is 12.8. The van der Waals surface area contributed by atoms with E-state index in [2.05, 4.69) is 6.58 Å². The zero-order valence-corrected chi connectivity index (χ0v) is 6.55. The fraction of sp³-hybridized carbons (Fsp3) is 0.100. The number of hydrogen-bond donors (Lipinski definition) is 0. The molecule has 1 aromatic rings. The van der Waals surface area contributed by atoms with Crippen LogP contribution in [0.2, 0.25) is 0 Å². The van der Waals surface area contributed by atoms with Crippen molar-refractivity contribution < 1.29 is 4.39 Å². The Kier molecular flexibility index (Phi) is 2.60. The van der Waals surface area contributed by atoms with Crippen LogP contribution in [0.25, 0.3) is 0 Å². The van der Waals surface area contributed by atoms with Crippen LogP contribution >= 0.6 is 0 Å². The molecule has 0 aromatic heterocycles. The highest BCUT2D eigenvalue weighted by atomic mass is 19.1. The fourth-order valence-electron chi connectivity index (χ4n) is 0.952. The molecule has 0 fully saturated rings. The molecule has 0 aliphatic heterocycles. The van der Waals surface area contributed by atoms with E-state index in [1.165, 1.54) is 12.1 Å². The lowest BCUT2D eigenvalue weighted by atomic mass is 10.1. The van der Waals surface area contributed by atoms with Gasteiger partial charge in [0.1, 0.15) is 11.9 Å². The maximum absolute atomic E-state index is 12.8. The SMILES string of the molecule is C=CCc1ccc(F)c(C#N)c1. The van der Waals surface area contributed by atoms with Gasteiger partial charge in [0.2, 0.25) is 0 Å². The summed E-state index contributed by atoms with van der Waals surface area (Å²) in [7, 11) is 0. The Morgan fingerprint density at radius 1 is 1.58 bits per heavy atom. The Hall–Kier alpha value is -1.62. The van der Waals surface area contributed by atoms with Crippen molar-refractivity contribution in [2.24, 2.45) is 0 Å². The van der Waals surface area contributed by atoms with Crippen molar-refractivity contribution >= 4 is 0 Å².